The first-order valence-corrected chi connectivity index (χ1v) is 12.9. The molecule has 0 aromatic heterocycles. The molecule has 4 rings (SSSR count). The lowest BCUT2D eigenvalue weighted by Gasteiger charge is -2.31. The fraction of sp³-hybridized carbons (Fsp3) is 0.222. The summed E-state index contributed by atoms with van der Waals surface area (Å²) in [6.45, 7) is 1.34. The van der Waals surface area contributed by atoms with E-state index in [2.05, 4.69) is 5.32 Å². The lowest BCUT2D eigenvalue weighted by Crippen LogP contribution is -2.36. The smallest absolute Gasteiger partial charge is 0.226 e. The number of carbonyl (C=O) groups is 1. The van der Waals surface area contributed by atoms with E-state index in [-0.39, 0.29) is 30.4 Å². The number of hydrogen-bond acceptors (Lipinski definition) is 4. The minimum Gasteiger partial charge on any atom is -0.412 e. The monoisotopic (exact) mass is 617 g/mol. The Morgan fingerprint density at radius 1 is 0.947 bits per heavy atom. The average molecular weight is 620 g/mol. The molecule has 1 heterocycles. The van der Waals surface area contributed by atoms with Gasteiger partial charge in [-0.3, -0.25) is 4.79 Å². The first kappa shape index (κ1) is 32.1. The normalized spacial score (nSPS) is 13.9. The van der Waals surface area contributed by atoms with Gasteiger partial charge in [-0.25, -0.2) is 0 Å². The van der Waals surface area contributed by atoms with Crippen molar-refractivity contribution >= 4 is 70.4 Å². The van der Waals surface area contributed by atoms with Crippen molar-refractivity contribution in [2.45, 2.75) is 24.6 Å². The number of carbonyl (C=O) groups excluding carboxylic acids is 1. The van der Waals surface area contributed by atoms with Crippen molar-refractivity contribution in [1.29, 1.82) is 0 Å². The lowest BCUT2D eigenvalue weighted by molar-refractivity contribution is -0.116. The molecule has 0 bridgehead atoms. The van der Waals surface area contributed by atoms with Crippen LogP contribution in [0.2, 0.25) is 15.1 Å². The van der Waals surface area contributed by atoms with Gasteiger partial charge in [0.25, 0.3) is 0 Å². The minimum atomic E-state index is -0.517. The van der Waals surface area contributed by atoms with Crippen molar-refractivity contribution < 1.29 is 15.0 Å². The summed E-state index contributed by atoms with van der Waals surface area (Å²) < 4.78 is 6.29. The topological polar surface area (TPSA) is 76.3 Å². The van der Waals surface area contributed by atoms with Crippen LogP contribution in [-0.2, 0) is 16.1 Å². The molecule has 204 valence electrons. The summed E-state index contributed by atoms with van der Waals surface area (Å²) in [4.78, 5) is 16.3. The number of halogens is 5. The number of rotatable bonds is 10. The van der Waals surface area contributed by atoms with E-state index in [1.165, 1.54) is 0 Å². The van der Waals surface area contributed by atoms with Crippen LogP contribution in [0.1, 0.15) is 23.7 Å². The van der Waals surface area contributed by atoms with E-state index in [4.69, 9.17) is 51.1 Å². The largest absolute Gasteiger partial charge is 0.412 e. The van der Waals surface area contributed by atoms with Crippen LogP contribution < -0.4 is 5.32 Å². The maximum Gasteiger partial charge on any atom is 0.226 e. The van der Waals surface area contributed by atoms with Gasteiger partial charge in [0.1, 0.15) is 11.6 Å². The standard InChI is InChI=1S/C27H25Cl4N3O2.ClH.H2O/c28-21-9-6-19(7-10-21)26(36-17-20-8-11-22(29)16-24(20)30)27(31)34-15-14-33(18-34)13-12-25(35)32-23-4-2-1-3-5-23;;/h1-11,14-16,26-27H,12-13,17-18H2,(H,32,35);1H;1H2. The lowest BCUT2D eigenvalue weighted by atomic mass is 10.1. The molecule has 3 aromatic carbocycles. The van der Waals surface area contributed by atoms with E-state index in [0.29, 0.717) is 34.7 Å². The van der Waals surface area contributed by atoms with Gasteiger partial charge in [-0.1, -0.05) is 82.8 Å². The van der Waals surface area contributed by atoms with Crippen molar-refractivity contribution in [1.82, 2.24) is 9.80 Å². The Labute approximate surface area is 248 Å². The summed E-state index contributed by atoms with van der Waals surface area (Å²) in [6, 6.07) is 22.1. The van der Waals surface area contributed by atoms with E-state index in [1.807, 2.05) is 82.9 Å². The summed E-state index contributed by atoms with van der Waals surface area (Å²) in [7, 11) is 0. The second kappa shape index (κ2) is 15.4. The van der Waals surface area contributed by atoms with Crippen molar-refractivity contribution in [3.8, 4) is 0 Å². The molecule has 6 nitrogen and oxygen atoms in total. The van der Waals surface area contributed by atoms with Crippen LogP contribution in [-0.4, -0.2) is 39.9 Å². The SMILES string of the molecule is Cl.O.O=C(CCN1C=CN(C(Cl)C(OCc2ccc(Cl)cc2Cl)c2ccc(Cl)cc2)C1)Nc1ccccc1. The molecule has 1 amide bonds. The van der Waals surface area contributed by atoms with Gasteiger partial charge in [-0.15, -0.1) is 12.4 Å². The Bertz CT molecular complexity index is 1200. The van der Waals surface area contributed by atoms with Crippen molar-refractivity contribution in [3.63, 3.8) is 0 Å². The number of anilines is 1. The van der Waals surface area contributed by atoms with Crippen LogP contribution in [0.25, 0.3) is 0 Å². The van der Waals surface area contributed by atoms with E-state index in [1.54, 1.807) is 12.1 Å². The van der Waals surface area contributed by atoms with Crippen LogP contribution in [0, 0.1) is 0 Å². The third-order valence-electron chi connectivity index (χ3n) is 5.70. The molecule has 0 saturated heterocycles. The molecule has 2 unspecified atom stereocenters. The Morgan fingerprint density at radius 3 is 2.32 bits per heavy atom. The zero-order valence-corrected chi connectivity index (χ0v) is 24.0. The molecule has 38 heavy (non-hydrogen) atoms. The molecule has 0 fully saturated rings. The summed E-state index contributed by atoms with van der Waals surface area (Å²) in [5.74, 6) is -0.0438. The first-order valence-electron chi connectivity index (χ1n) is 11.4. The molecule has 0 aliphatic carbocycles. The van der Waals surface area contributed by atoms with E-state index >= 15 is 0 Å². The third kappa shape index (κ3) is 8.95. The van der Waals surface area contributed by atoms with E-state index in [9.17, 15) is 4.79 Å². The second-order valence-electron chi connectivity index (χ2n) is 8.32. The van der Waals surface area contributed by atoms with Gasteiger partial charge in [0.2, 0.25) is 5.91 Å². The number of ether oxygens (including phenoxy) is 1. The van der Waals surface area contributed by atoms with Gasteiger partial charge in [0.05, 0.1) is 13.3 Å². The molecule has 11 heteroatoms. The van der Waals surface area contributed by atoms with Gasteiger partial charge in [-0.05, 0) is 47.5 Å². The molecular formula is C27H28Cl5N3O3. The highest BCUT2D eigenvalue weighted by Gasteiger charge is 2.29. The van der Waals surface area contributed by atoms with Gasteiger partial charge in [-0.2, -0.15) is 0 Å². The highest BCUT2D eigenvalue weighted by Crippen LogP contribution is 2.33. The zero-order chi connectivity index (χ0) is 25.5. The molecule has 0 spiro atoms. The molecule has 3 aromatic rings. The van der Waals surface area contributed by atoms with Crippen LogP contribution in [0.5, 0.6) is 0 Å². The van der Waals surface area contributed by atoms with E-state index in [0.717, 1.165) is 16.8 Å². The molecule has 3 N–H and O–H groups in total. The number of nitrogens with one attached hydrogen (secondary N) is 1. The Hall–Kier alpha value is -2.16. The number of amides is 1. The number of benzene rings is 3. The molecule has 0 radical (unpaired) electrons. The Morgan fingerprint density at radius 2 is 1.63 bits per heavy atom. The maximum absolute atomic E-state index is 12.3. The number of hydrogen-bond donors (Lipinski definition) is 1. The van der Waals surface area contributed by atoms with Gasteiger partial charge in [0, 0.05) is 46.1 Å². The number of para-hydroxylation sites is 1. The van der Waals surface area contributed by atoms with Crippen LogP contribution in [0.3, 0.4) is 0 Å². The summed E-state index contributed by atoms with van der Waals surface area (Å²) in [5, 5.41) is 4.63. The van der Waals surface area contributed by atoms with E-state index < -0.39 is 11.6 Å². The molecular weight excluding hydrogens is 592 g/mol. The Balaban J connectivity index is 0.00000253. The van der Waals surface area contributed by atoms with Crippen molar-refractivity contribution in [2.75, 3.05) is 18.5 Å². The maximum atomic E-state index is 12.3. The van der Waals surface area contributed by atoms with Gasteiger partial charge >= 0.3 is 0 Å². The number of alkyl halides is 1. The predicted molar refractivity (Wildman–Crippen MR) is 158 cm³/mol. The second-order valence-corrected chi connectivity index (χ2v) is 10.0. The molecule has 1 aliphatic rings. The quantitative estimate of drug-likeness (QED) is 0.193. The molecule has 0 saturated carbocycles. The molecule has 1 aliphatic heterocycles. The third-order valence-corrected chi connectivity index (χ3v) is 7.01. The molecule has 2 atom stereocenters. The van der Waals surface area contributed by atoms with Crippen LogP contribution >= 0.6 is 58.8 Å². The highest BCUT2D eigenvalue weighted by molar-refractivity contribution is 6.35. The summed E-state index contributed by atoms with van der Waals surface area (Å²) >= 11 is 25.4. The highest BCUT2D eigenvalue weighted by atomic mass is 35.5. The minimum absolute atomic E-state index is 0. The zero-order valence-electron chi connectivity index (χ0n) is 20.2. The Kier molecular flexibility index (Phi) is 13.0. The average Bonchev–Trinajstić information content (AvgIpc) is 3.35. The van der Waals surface area contributed by atoms with Crippen LogP contribution in [0.15, 0.2) is 85.2 Å². The fourth-order valence-corrected chi connectivity index (χ4v) is 4.69. The van der Waals surface area contributed by atoms with Crippen molar-refractivity contribution in [2.24, 2.45) is 0 Å². The van der Waals surface area contributed by atoms with Crippen molar-refractivity contribution in [3.05, 3.63) is 111 Å². The van der Waals surface area contributed by atoms with Gasteiger partial charge < -0.3 is 25.3 Å². The first-order chi connectivity index (χ1) is 17.4. The summed E-state index contributed by atoms with van der Waals surface area (Å²) in [5.41, 5.74) is 1.97. The number of nitrogens with zero attached hydrogens (tertiary/aromatic N) is 2. The summed E-state index contributed by atoms with van der Waals surface area (Å²) in [6.07, 6.45) is 3.72. The van der Waals surface area contributed by atoms with Crippen LogP contribution in [0.4, 0.5) is 5.69 Å². The predicted octanol–water partition coefficient (Wildman–Crippen LogP) is 7.14. The van der Waals surface area contributed by atoms with Gasteiger partial charge in [0.15, 0.2) is 0 Å². The fourth-order valence-electron chi connectivity index (χ4n) is 3.76.